The van der Waals surface area contributed by atoms with Crippen molar-refractivity contribution in [3.05, 3.63) is 78.5 Å². The van der Waals surface area contributed by atoms with Crippen LogP contribution in [0.3, 0.4) is 0 Å². The molecule has 2 aromatic carbocycles. The van der Waals surface area contributed by atoms with Crippen molar-refractivity contribution in [2.45, 2.75) is 11.6 Å². The molecule has 2 heterocycles. The minimum atomic E-state index is -0.153. The second-order valence-corrected chi connectivity index (χ2v) is 7.62. The van der Waals surface area contributed by atoms with Crippen molar-refractivity contribution < 1.29 is 14.6 Å². The molecule has 0 saturated carbocycles. The molecule has 2 N–H and O–H groups in total. The third-order valence-corrected chi connectivity index (χ3v) is 5.79. The lowest BCUT2D eigenvalue weighted by atomic mass is 10.2. The Hall–Kier alpha value is -3.45. The molecule has 4 rings (SSSR count). The van der Waals surface area contributed by atoms with Gasteiger partial charge in [0.05, 0.1) is 24.4 Å². The Balaban J connectivity index is 1.59. The van der Waals surface area contributed by atoms with Gasteiger partial charge in [-0.15, -0.1) is 0 Å². The highest BCUT2D eigenvalue weighted by Gasteiger charge is 2.18. The predicted molar refractivity (Wildman–Crippen MR) is 119 cm³/mol. The van der Waals surface area contributed by atoms with Crippen molar-refractivity contribution in [2.75, 3.05) is 18.2 Å². The highest BCUT2D eigenvalue weighted by Crippen LogP contribution is 2.38. The summed E-state index contributed by atoms with van der Waals surface area (Å²) in [5.41, 5.74) is 1.02. The normalized spacial score (nSPS) is 10.8. The Labute approximate surface area is 178 Å². The second-order valence-electron chi connectivity index (χ2n) is 6.66. The summed E-state index contributed by atoms with van der Waals surface area (Å²) >= 11 is 1.39. The Morgan fingerprint density at radius 2 is 1.80 bits per heavy atom. The van der Waals surface area contributed by atoms with Crippen LogP contribution >= 0.6 is 11.8 Å². The van der Waals surface area contributed by atoms with Crippen molar-refractivity contribution in [3.8, 4) is 11.6 Å². The molecule has 0 fully saturated rings. The quantitative estimate of drug-likeness (QED) is 0.431. The highest BCUT2D eigenvalue weighted by atomic mass is 32.2. The third kappa shape index (κ3) is 4.26. The second kappa shape index (κ2) is 8.92. The van der Waals surface area contributed by atoms with Crippen LogP contribution in [0.25, 0.3) is 10.8 Å². The smallest absolute Gasteiger partial charge is 0.235 e. The molecular weight excluding hydrogens is 398 g/mol. The van der Waals surface area contributed by atoms with Crippen LogP contribution in [0.4, 0.5) is 5.82 Å². The van der Waals surface area contributed by atoms with Gasteiger partial charge in [-0.3, -0.25) is 4.79 Å². The summed E-state index contributed by atoms with van der Waals surface area (Å²) in [6.07, 6.45) is 1.63. The Kier molecular flexibility index (Phi) is 5.90. The van der Waals surface area contributed by atoms with Gasteiger partial charge in [-0.1, -0.05) is 48.2 Å². The summed E-state index contributed by atoms with van der Waals surface area (Å²) in [5, 5.41) is 16.2. The molecule has 0 spiro atoms. The number of hydrogen-bond donors (Lipinski definition) is 2. The van der Waals surface area contributed by atoms with Crippen LogP contribution in [-0.4, -0.2) is 33.4 Å². The molecule has 6 nitrogen and oxygen atoms in total. The van der Waals surface area contributed by atoms with E-state index in [-0.39, 0.29) is 17.5 Å². The van der Waals surface area contributed by atoms with E-state index in [1.165, 1.54) is 11.8 Å². The number of aromatic hydroxyl groups is 1. The summed E-state index contributed by atoms with van der Waals surface area (Å²) in [4.78, 5) is 16.5. The summed E-state index contributed by atoms with van der Waals surface area (Å²) in [6.45, 7) is 0.481. The topological polar surface area (TPSA) is 76.4 Å². The number of nitrogens with zero attached hydrogens (tertiary/aromatic N) is 2. The third-order valence-electron chi connectivity index (χ3n) is 4.67. The maximum atomic E-state index is 12.4. The first kappa shape index (κ1) is 19.8. The summed E-state index contributed by atoms with van der Waals surface area (Å²) in [5.74, 6) is 1.53. The molecule has 0 saturated heterocycles. The average molecular weight is 420 g/mol. The number of nitrogens with one attached hydrogen (secondary N) is 1. The van der Waals surface area contributed by atoms with Gasteiger partial charge in [-0.2, -0.15) is 0 Å². The van der Waals surface area contributed by atoms with Gasteiger partial charge in [-0.05, 0) is 35.9 Å². The molecular formula is C23H21N3O3S. The molecule has 0 aliphatic heterocycles. The Bertz CT molecular complexity index is 1160. The van der Waals surface area contributed by atoms with E-state index >= 15 is 0 Å². The first-order valence-corrected chi connectivity index (χ1v) is 10.4. The van der Waals surface area contributed by atoms with Crippen molar-refractivity contribution in [2.24, 2.45) is 0 Å². The van der Waals surface area contributed by atoms with Gasteiger partial charge in [-0.25, -0.2) is 4.98 Å². The summed E-state index contributed by atoms with van der Waals surface area (Å²) < 4.78 is 7.06. The van der Waals surface area contributed by atoms with E-state index in [1.807, 2.05) is 59.2 Å². The number of benzene rings is 2. The summed E-state index contributed by atoms with van der Waals surface area (Å²) in [7, 11) is 1.63. The lowest BCUT2D eigenvalue weighted by molar-refractivity contribution is -0.113. The van der Waals surface area contributed by atoms with Gasteiger partial charge in [0.15, 0.2) is 5.88 Å². The monoisotopic (exact) mass is 419 g/mol. The Morgan fingerprint density at radius 1 is 1.07 bits per heavy atom. The number of ether oxygens (including phenoxy) is 1. The van der Waals surface area contributed by atoms with Crippen molar-refractivity contribution >= 4 is 34.3 Å². The number of pyridine rings is 1. The number of carbonyl (C=O) groups is 1. The van der Waals surface area contributed by atoms with E-state index in [9.17, 15) is 9.90 Å². The highest BCUT2D eigenvalue weighted by molar-refractivity contribution is 8.00. The van der Waals surface area contributed by atoms with Crippen molar-refractivity contribution in [1.82, 2.24) is 9.55 Å². The van der Waals surface area contributed by atoms with Crippen molar-refractivity contribution in [3.63, 3.8) is 0 Å². The molecule has 0 unspecified atom stereocenters. The lowest BCUT2D eigenvalue weighted by Crippen LogP contribution is -2.15. The molecule has 152 valence electrons. The average Bonchev–Trinajstić information content (AvgIpc) is 3.05. The van der Waals surface area contributed by atoms with Gasteiger partial charge in [0.2, 0.25) is 5.91 Å². The zero-order valence-corrected chi connectivity index (χ0v) is 17.2. The van der Waals surface area contributed by atoms with Gasteiger partial charge in [0.25, 0.3) is 0 Å². The van der Waals surface area contributed by atoms with E-state index in [0.29, 0.717) is 12.4 Å². The van der Waals surface area contributed by atoms with Gasteiger partial charge >= 0.3 is 0 Å². The molecule has 0 aliphatic carbocycles. The standard InChI is InChI=1S/C23H21N3O3S/c1-29-17-11-9-16(10-12-17)14-26-22(28)18-6-2-3-7-19(18)23(26)30-15-21(27)25-20-8-4-5-13-24-20/h2-13,28H,14-15H2,1H3,(H,24,25,27). The van der Waals surface area contributed by atoms with Crippen LogP contribution in [0.1, 0.15) is 5.56 Å². The van der Waals surface area contributed by atoms with E-state index in [4.69, 9.17) is 4.74 Å². The molecule has 30 heavy (non-hydrogen) atoms. The fraction of sp³-hybridized carbons (Fsp3) is 0.130. The number of fused-ring (bicyclic) bond motifs is 1. The number of carbonyl (C=O) groups excluding carboxylic acids is 1. The zero-order chi connectivity index (χ0) is 20.9. The first-order chi connectivity index (χ1) is 14.7. The maximum Gasteiger partial charge on any atom is 0.235 e. The predicted octanol–water partition coefficient (Wildman–Crippen LogP) is 4.53. The number of thioether (sulfide) groups is 1. The number of hydrogen-bond acceptors (Lipinski definition) is 5. The molecule has 0 radical (unpaired) electrons. The van der Waals surface area contributed by atoms with Crippen molar-refractivity contribution in [1.29, 1.82) is 0 Å². The minimum absolute atomic E-state index is 0.153. The zero-order valence-electron chi connectivity index (χ0n) is 16.4. The molecule has 0 atom stereocenters. The van der Waals surface area contributed by atoms with Gasteiger partial charge in [0, 0.05) is 17.0 Å². The van der Waals surface area contributed by atoms with Crippen LogP contribution in [-0.2, 0) is 11.3 Å². The van der Waals surface area contributed by atoms with E-state index in [2.05, 4.69) is 10.3 Å². The molecule has 7 heteroatoms. The number of aromatic nitrogens is 2. The molecule has 1 amide bonds. The fourth-order valence-electron chi connectivity index (χ4n) is 3.22. The van der Waals surface area contributed by atoms with Gasteiger partial charge < -0.3 is 19.7 Å². The molecule has 0 bridgehead atoms. The molecule has 2 aromatic heterocycles. The van der Waals surface area contributed by atoms with Gasteiger partial charge in [0.1, 0.15) is 11.6 Å². The molecule has 0 aliphatic rings. The van der Waals surface area contributed by atoms with Crippen LogP contribution in [0.2, 0.25) is 0 Å². The first-order valence-electron chi connectivity index (χ1n) is 9.42. The van der Waals surface area contributed by atoms with Crippen LogP contribution in [0.15, 0.2) is 78.0 Å². The van der Waals surface area contributed by atoms with Crippen LogP contribution < -0.4 is 10.1 Å². The van der Waals surface area contributed by atoms with E-state index < -0.39 is 0 Å². The summed E-state index contributed by atoms with van der Waals surface area (Å²) in [6, 6.07) is 20.7. The lowest BCUT2D eigenvalue weighted by Gasteiger charge is -2.11. The fourth-order valence-corrected chi connectivity index (χ4v) is 4.20. The molecule has 4 aromatic rings. The van der Waals surface area contributed by atoms with E-state index in [0.717, 1.165) is 27.1 Å². The Morgan fingerprint density at radius 3 is 2.50 bits per heavy atom. The minimum Gasteiger partial charge on any atom is -0.497 e. The number of methoxy groups -OCH3 is 1. The SMILES string of the molecule is COc1ccc(Cn2c(O)c3ccccc3c2SCC(=O)Nc2ccccn2)cc1. The largest absolute Gasteiger partial charge is 0.497 e. The van der Waals surface area contributed by atoms with Crippen LogP contribution in [0, 0.1) is 0 Å². The van der Waals surface area contributed by atoms with E-state index in [1.54, 1.807) is 25.4 Å². The number of amides is 1. The maximum absolute atomic E-state index is 12.4. The number of anilines is 1. The number of rotatable bonds is 7. The van der Waals surface area contributed by atoms with Crippen LogP contribution in [0.5, 0.6) is 11.6 Å².